The molecule has 1 amide bonds. The molecule has 0 aromatic carbocycles. The summed E-state index contributed by atoms with van der Waals surface area (Å²) < 4.78 is 7.38. The fourth-order valence-electron chi connectivity index (χ4n) is 1.04. The van der Waals surface area contributed by atoms with Gasteiger partial charge in [0.1, 0.15) is 6.04 Å². The number of hydrogen-bond acceptors (Lipinski definition) is 5. The molecule has 0 radical (unpaired) electrons. The number of aliphatic carboxylic acids is 1. The van der Waals surface area contributed by atoms with Gasteiger partial charge < -0.3 is 10.4 Å². The first kappa shape index (κ1) is 11.6. The molecule has 0 aliphatic rings. The van der Waals surface area contributed by atoms with Crippen LogP contribution in [0, 0.1) is 0 Å². The van der Waals surface area contributed by atoms with Crippen molar-refractivity contribution in [2.45, 2.75) is 25.8 Å². The summed E-state index contributed by atoms with van der Waals surface area (Å²) in [6.45, 7) is 1.85. The zero-order valence-corrected chi connectivity index (χ0v) is 8.95. The maximum absolute atomic E-state index is 11.4. The first-order valence-electron chi connectivity index (χ1n) is 4.46. The Hall–Kier alpha value is -1.50. The van der Waals surface area contributed by atoms with E-state index in [1.54, 1.807) is 0 Å². The summed E-state index contributed by atoms with van der Waals surface area (Å²) in [6.07, 6.45) is 2.40. The number of hydrogen-bond donors (Lipinski definition) is 2. The van der Waals surface area contributed by atoms with E-state index in [2.05, 4.69) is 14.1 Å². The minimum absolute atomic E-state index is 0.155. The maximum Gasteiger partial charge on any atom is 0.326 e. The molecule has 0 aliphatic heterocycles. The third kappa shape index (κ3) is 3.28. The zero-order chi connectivity index (χ0) is 11.3. The lowest BCUT2D eigenvalue weighted by Gasteiger charge is -2.11. The molecular weight excluding hydrogens is 218 g/mol. The van der Waals surface area contributed by atoms with Crippen LogP contribution in [0.3, 0.4) is 0 Å². The van der Waals surface area contributed by atoms with Gasteiger partial charge in [-0.05, 0) is 6.42 Å². The smallest absolute Gasteiger partial charge is 0.326 e. The van der Waals surface area contributed by atoms with Crippen molar-refractivity contribution in [3.05, 3.63) is 11.9 Å². The predicted octanol–water partition coefficient (Wildman–Crippen LogP) is 0.521. The van der Waals surface area contributed by atoms with Crippen LogP contribution in [0.25, 0.3) is 0 Å². The molecule has 0 spiro atoms. The van der Waals surface area contributed by atoms with Crippen LogP contribution in [0.15, 0.2) is 6.20 Å². The molecule has 0 bridgehead atoms. The average molecular weight is 229 g/mol. The number of nitrogens with zero attached hydrogens (tertiary/aromatic N) is 2. The second-order valence-electron chi connectivity index (χ2n) is 2.95. The Kier molecular flexibility index (Phi) is 4.17. The van der Waals surface area contributed by atoms with Gasteiger partial charge in [-0.15, -0.1) is 0 Å². The van der Waals surface area contributed by atoms with Crippen molar-refractivity contribution in [2.24, 2.45) is 0 Å². The van der Waals surface area contributed by atoms with Crippen LogP contribution in [0.2, 0.25) is 0 Å². The minimum Gasteiger partial charge on any atom is -0.480 e. The molecule has 1 aromatic heterocycles. The molecule has 1 rings (SSSR count). The second-order valence-corrected chi connectivity index (χ2v) is 3.50. The van der Waals surface area contributed by atoms with Gasteiger partial charge in [0.2, 0.25) is 0 Å². The molecule has 2 N–H and O–H groups in total. The van der Waals surface area contributed by atoms with Crippen molar-refractivity contribution in [2.75, 3.05) is 0 Å². The van der Waals surface area contributed by atoms with Crippen LogP contribution in [-0.2, 0) is 4.79 Å². The van der Waals surface area contributed by atoms with Crippen LogP contribution in [0.5, 0.6) is 0 Å². The van der Waals surface area contributed by atoms with Crippen molar-refractivity contribution in [1.29, 1.82) is 0 Å². The van der Waals surface area contributed by atoms with E-state index in [0.717, 1.165) is 11.7 Å². The van der Waals surface area contributed by atoms with Gasteiger partial charge in [0.25, 0.3) is 5.91 Å². The van der Waals surface area contributed by atoms with Crippen molar-refractivity contribution < 1.29 is 14.7 Å². The lowest BCUT2D eigenvalue weighted by atomic mass is 10.1. The van der Waals surface area contributed by atoms with Crippen molar-refractivity contribution >= 4 is 23.6 Å². The highest BCUT2D eigenvalue weighted by atomic mass is 32.1. The molecule has 0 saturated heterocycles. The summed E-state index contributed by atoms with van der Waals surface area (Å²) in [7, 11) is 0. The van der Waals surface area contributed by atoms with Crippen LogP contribution in [0.4, 0.5) is 0 Å². The number of rotatable bonds is 5. The predicted molar refractivity (Wildman–Crippen MR) is 53.7 cm³/mol. The third-order valence-corrected chi connectivity index (χ3v) is 2.25. The number of carbonyl (C=O) groups is 2. The van der Waals surface area contributed by atoms with Gasteiger partial charge in [0, 0.05) is 0 Å². The van der Waals surface area contributed by atoms with Gasteiger partial charge in [-0.3, -0.25) is 4.79 Å². The van der Waals surface area contributed by atoms with E-state index in [9.17, 15) is 9.59 Å². The molecule has 0 saturated carbocycles. The van der Waals surface area contributed by atoms with Crippen molar-refractivity contribution in [3.63, 3.8) is 0 Å². The molecule has 0 unspecified atom stereocenters. The summed E-state index contributed by atoms with van der Waals surface area (Å²) in [5, 5.41) is 11.2. The van der Waals surface area contributed by atoms with Gasteiger partial charge in [-0.2, -0.15) is 8.75 Å². The highest BCUT2D eigenvalue weighted by Gasteiger charge is 2.20. The number of carbonyl (C=O) groups excluding carboxylic acids is 1. The highest BCUT2D eigenvalue weighted by molar-refractivity contribution is 6.99. The number of amides is 1. The van der Waals surface area contributed by atoms with Crippen molar-refractivity contribution in [3.8, 4) is 0 Å². The second kappa shape index (κ2) is 5.40. The van der Waals surface area contributed by atoms with Crippen LogP contribution >= 0.6 is 11.7 Å². The molecule has 6 nitrogen and oxygen atoms in total. The van der Waals surface area contributed by atoms with E-state index >= 15 is 0 Å². The topological polar surface area (TPSA) is 92.2 Å². The average Bonchev–Trinajstić information content (AvgIpc) is 2.69. The summed E-state index contributed by atoms with van der Waals surface area (Å²) in [5.41, 5.74) is 0.155. The Morgan fingerprint density at radius 1 is 1.67 bits per heavy atom. The standard InChI is InChI=1S/C8H11N3O3S/c1-2-3-5(8(13)14)10-7(12)6-4-9-15-11-6/h4-5H,2-3H2,1H3,(H,10,12)(H,13,14)/t5-/m1/s1. The van der Waals surface area contributed by atoms with Crippen LogP contribution in [0.1, 0.15) is 30.3 Å². The maximum atomic E-state index is 11.4. The van der Waals surface area contributed by atoms with E-state index in [1.807, 2.05) is 6.92 Å². The number of aromatic nitrogens is 2. The van der Waals surface area contributed by atoms with E-state index < -0.39 is 17.9 Å². The van der Waals surface area contributed by atoms with E-state index in [4.69, 9.17) is 5.11 Å². The van der Waals surface area contributed by atoms with E-state index in [1.165, 1.54) is 6.20 Å². The fourth-order valence-corrected chi connectivity index (χ4v) is 1.46. The Labute approximate surface area is 90.7 Å². The molecule has 1 heterocycles. The fraction of sp³-hybridized carbons (Fsp3) is 0.500. The summed E-state index contributed by atoms with van der Waals surface area (Å²) in [4.78, 5) is 22.2. The normalized spacial score (nSPS) is 12.1. The minimum atomic E-state index is -1.03. The van der Waals surface area contributed by atoms with Crippen molar-refractivity contribution in [1.82, 2.24) is 14.1 Å². The van der Waals surface area contributed by atoms with E-state index in [-0.39, 0.29) is 5.69 Å². The van der Waals surface area contributed by atoms with Gasteiger partial charge in [0.05, 0.1) is 17.9 Å². The van der Waals surface area contributed by atoms with Crippen LogP contribution < -0.4 is 5.32 Å². The Morgan fingerprint density at radius 3 is 2.87 bits per heavy atom. The van der Waals surface area contributed by atoms with E-state index in [0.29, 0.717) is 12.8 Å². The largest absolute Gasteiger partial charge is 0.480 e. The molecule has 15 heavy (non-hydrogen) atoms. The quantitative estimate of drug-likeness (QED) is 0.768. The molecule has 82 valence electrons. The number of carboxylic acids is 1. The zero-order valence-electron chi connectivity index (χ0n) is 8.14. The molecule has 7 heteroatoms. The summed E-state index contributed by atoms with van der Waals surface area (Å²) >= 11 is 0.908. The first-order chi connectivity index (χ1) is 7.15. The van der Waals surface area contributed by atoms with Gasteiger partial charge in [-0.25, -0.2) is 4.79 Å². The van der Waals surface area contributed by atoms with Gasteiger partial charge in [0.15, 0.2) is 5.69 Å². The number of carboxylic acid groups (broad SMARTS) is 1. The first-order valence-corrected chi connectivity index (χ1v) is 5.19. The molecule has 0 aliphatic carbocycles. The molecular formula is C8H11N3O3S. The summed E-state index contributed by atoms with van der Waals surface area (Å²) in [5.74, 6) is -1.53. The number of nitrogens with one attached hydrogen (secondary N) is 1. The Balaban J connectivity index is 2.59. The molecule has 1 atom stereocenters. The van der Waals surface area contributed by atoms with Crippen LogP contribution in [-0.4, -0.2) is 31.8 Å². The summed E-state index contributed by atoms with van der Waals surface area (Å²) in [6, 6.07) is -0.857. The monoisotopic (exact) mass is 229 g/mol. The third-order valence-electron chi connectivity index (χ3n) is 1.77. The Bertz CT molecular complexity index is 339. The van der Waals surface area contributed by atoms with Gasteiger partial charge >= 0.3 is 5.97 Å². The molecule has 1 aromatic rings. The Morgan fingerprint density at radius 2 is 2.40 bits per heavy atom. The highest BCUT2D eigenvalue weighted by Crippen LogP contribution is 2.00. The SMILES string of the molecule is CCC[C@@H](NC(=O)c1cnsn1)C(=O)O. The molecule has 0 fully saturated rings. The lowest BCUT2D eigenvalue weighted by Crippen LogP contribution is -2.40. The van der Waals surface area contributed by atoms with Gasteiger partial charge in [-0.1, -0.05) is 13.3 Å². The lowest BCUT2D eigenvalue weighted by molar-refractivity contribution is -0.139.